The van der Waals surface area contributed by atoms with Crippen LogP contribution in [0.4, 0.5) is 0 Å². The molecule has 3 rings (SSSR count). The Balaban J connectivity index is 1.50. The quantitative estimate of drug-likeness (QED) is 0.655. The fourth-order valence-corrected chi connectivity index (χ4v) is 2.76. The van der Waals surface area contributed by atoms with E-state index >= 15 is 0 Å². The molecule has 118 valence electrons. The molecule has 0 saturated heterocycles. The summed E-state index contributed by atoms with van der Waals surface area (Å²) in [6, 6.07) is 15.4. The molecule has 1 aromatic heterocycles. The summed E-state index contributed by atoms with van der Waals surface area (Å²) in [7, 11) is 0. The van der Waals surface area contributed by atoms with Crippen molar-refractivity contribution in [1.82, 2.24) is 10.3 Å². The second-order valence-electron chi connectivity index (χ2n) is 5.60. The largest absolute Gasteiger partial charge is 0.507 e. The highest BCUT2D eigenvalue weighted by molar-refractivity contribution is 5.89. The van der Waals surface area contributed by atoms with E-state index in [2.05, 4.69) is 10.3 Å². The van der Waals surface area contributed by atoms with E-state index in [1.165, 1.54) is 5.56 Å². The molecule has 0 aliphatic carbocycles. The van der Waals surface area contributed by atoms with E-state index < -0.39 is 0 Å². The molecule has 1 heterocycles. The fourth-order valence-electron chi connectivity index (χ4n) is 2.76. The van der Waals surface area contributed by atoms with E-state index in [4.69, 9.17) is 0 Å². The molecule has 4 nitrogen and oxygen atoms in total. The molecule has 0 aliphatic rings. The third kappa shape index (κ3) is 3.72. The molecule has 0 aliphatic heterocycles. The maximum absolute atomic E-state index is 11.9. The van der Waals surface area contributed by atoms with Gasteiger partial charge in [-0.15, -0.1) is 0 Å². The molecular weight excluding hydrogens is 288 g/mol. The maximum atomic E-state index is 11.9. The van der Waals surface area contributed by atoms with Crippen LogP contribution in [0.5, 0.6) is 5.75 Å². The smallest absolute Gasteiger partial charge is 0.220 e. The highest BCUT2D eigenvalue weighted by Gasteiger charge is 2.08. The molecule has 0 fully saturated rings. The van der Waals surface area contributed by atoms with Crippen molar-refractivity contribution in [3.63, 3.8) is 0 Å². The van der Waals surface area contributed by atoms with Crippen molar-refractivity contribution in [2.75, 3.05) is 6.54 Å². The number of nitrogens with one attached hydrogen (secondary N) is 2. The molecule has 3 N–H and O–H groups in total. The zero-order valence-electron chi connectivity index (χ0n) is 12.9. The summed E-state index contributed by atoms with van der Waals surface area (Å²) in [5, 5.41) is 13.7. The van der Waals surface area contributed by atoms with Crippen LogP contribution in [-0.2, 0) is 17.6 Å². The average molecular weight is 308 g/mol. The third-order valence-corrected chi connectivity index (χ3v) is 3.97. The Morgan fingerprint density at radius 3 is 2.70 bits per heavy atom. The van der Waals surface area contributed by atoms with Gasteiger partial charge >= 0.3 is 0 Å². The second kappa shape index (κ2) is 7.01. The van der Waals surface area contributed by atoms with Gasteiger partial charge in [-0.1, -0.05) is 36.4 Å². The van der Waals surface area contributed by atoms with E-state index in [1.54, 1.807) is 6.07 Å². The minimum Gasteiger partial charge on any atom is -0.507 e. The van der Waals surface area contributed by atoms with Crippen LogP contribution in [0.3, 0.4) is 0 Å². The molecule has 4 heteroatoms. The Hall–Kier alpha value is -2.75. The van der Waals surface area contributed by atoms with E-state index in [0.717, 1.165) is 22.9 Å². The van der Waals surface area contributed by atoms with Crippen molar-refractivity contribution in [1.29, 1.82) is 0 Å². The molecule has 0 saturated carbocycles. The summed E-state index contributed by atoms with van der Waals surface area (Å²) in [6.07, 6.45) is 3.82. The molecule has 23 heavy (non-hydrogen) atoms. The Morgan fingerprint density at radius 1 is 1.04 bits per heavy atom. The van der Waals surface area contributed by atoms with Crippen molar-refractivity contribution >= 4 is 16.8 Å². The predicted molar refractivity (Wildman–Crippen MR) is 91.4 cm³/mol. The monoisotopic (exact) mass is 308 g/mol. The molecule has 0 radical (unpaired) electrons. The number of rotatable bonds is 6. The lowest BCUT2D eigenvalue weighted by atomic mass is 10.1. The first-order valence-electron chi connectivity index (χ1n) is 7.82. The van der Waals surface area contributed by atoms with Gasteiger partial charge in [-0.3, -0.25) is 4.79 Å². The Bertz CT molecular complexity index is 793. The number of aryl methyl sites for hydroxylation is 1. The standard InChI is InChI=1S/C19H20N2O2/c22-17-8-4-7-16-19(17)15(13-21-16)11-12-20-18(23)10-9-14-5-2-1-3-6-14/h1-8,13,21-22H,9-12H2,(H,20,23). The van der Waals surface area contributed by atoms with E-state index in [0.29, 0.717) is 19.4 Å². The number of hydrogen-bond acceptors (Lipinski definition) is 2. The maximum Gasteiger partial charge on any atom is 0.220 e. The Kier molecular flexibility index (Phi) is 4.62. The van der Waals surface area contributed by atoms with E-state index in [9.17, 15) is 9.90 Å². The Labute approximate surface area is 135 Å². The number of carbonyl (C=O) groups is 1. The van der Waals surface area contributed by atoms with Crippen molar-refractivity contribution in [3.05, 3.63) is 65.9 Å². The van der Waals surface area contributed by atoms with Crippen LogP contribution in [0.1, 0.15) is 17.5 Å². The summed E-state index contributed by atoms with van der Waals surface area (Å²) in [5.74, 6) is 0.326. The molecule has 2 aromatic carbocycles. The number of H-pyrrole nitrogens is 1. The number of phenolic OH excluding ortho intramolecular Hbond substituents is 1. The summed E-state index contributed by atoms with van der Waals surface area (Å²) >= 11 is 0. The lowest BCUT2D eigenvalue weighted by Gasteiger charge is -2.05. The normalized spacial score (nSPS) is 10.8. The lowest BCUT2D eigenvalue weighted by molar-refractivity contribution is -0.121. The van der Waals surface area contributed by atoms with Gasteiger partial charge in [0.1, 0.15) is 5.75 Å². The minimum absolute atomic E-state index is 0.0536. The zero-order chi connectivity index (χ0) is 16.1. The highest BCUT2D eigenvalue weighted by Crippen LogP contribution is 2.27. The van der Waals surface area contributed by atoms with Crippen molar-refractivity contribution in [2.24, 2.45) is 0 Å². The van der Waals surface area contributed by atoms with Crippen molar-refractivity contribution in [3.8, 4) is 5.75 Å². The lowest BCUT2D eigenvalue weighted by Crippen LogP contribution is -2.25. The topological polar surface area (TPSA) is 65.1 Å². The average Bonchev–Trinajstić information content (AvgIpc) is 2.99. The first-order chi connectivity index (χ1) is 11.2. The summed E-state index contributed by atoms with van der Waals surface area (Å²) in [4.78, 5) is 15.0. The van der Waals surface area contributed by atoms with Crippen LogP contribution < -0.4 is 5.32 Å². The first kappa shape index (κ1) is 15.2. The van der Waals surface area contributed by atoms with Crippen molar-refractivity contribution in [2.45, 2.75) is 19.3 Å². The van der Waals surface area contributed by atoms with Gasteiger partial charge in [-0.25, -0.2) is 0 Å². The molecule has 0 spiro atoms. The number of amides is 1. The van der Waals surface area contributed by atoms with Gasteiger partial charge in [0, 0.05) is 30.1 Å². The number of hydrogen-bond donors (Lipinski definition) is 3. The number of carbonyl (C=O) groups excluding carboxylic acids is 1. The Morgan fingerprint density at radius 2 is 1.87 bits per heavy atom. The summed E-state index contributed by atoms with van der Waals surface area (Å²) in [6.45, 7) is 0.564. The zero-order valence-corrected chi connectivity index (χ0v) is 12.9. The number of aromatic hydroxyl groups is 1. The van der Waals surface area contributed by atoms with E-state index in [1.807, 2.05) is 48.7 Å². The number of aromatic nitrogens is 1. The molecule has 3 aromatic rings. The van der Waals surface area contributed by atoms with Crippen LogP contribution in [-0.4, -0.2) is 22.5 Å². The molecule has 0 atom stereocenters. The van der Waals surface area contributed by atoms with Gasteiger partial charge in [0.25, 0.3) is 0 Å². The van der Waals surface area contributed by atoms with Gasteiger partial charge in [-0.2, -0.15) is 0 Å². The third-order valence-electron chi connectivity index (χ3n) is 3.97. The second-order valence-corrected chi connectivity index (χ2v) is 5.60. The molecule has 1 amide bonds. The summed E-state index contributed by atoms with van der Waals surface area (Å²) in [5.41, 5.74) is 3.10. The van der Waals surface area contributed by atoms with Crippen LogP contribution in [0.2, 0.25) is 0 Å². The first-order valence-corrected chi connectivity index (χ1v) is 7.82. The number of benzene rings is 2. The summed E-state index contributed by atoms with van der Waals surface area (Å²) < 4.78 is 0. The fraction of sp³-hybridized carbons (Fsp3) is 0.211. The van der Waals surface area contributed by atoms with Crippen molar-refractivity contribution < 1.29 is 9.90 Å². The minimum atomic E-state index is 0.0536. The van der Waals surface area contributed by atoms with Gasteiger partial charge in [0.15, 0.2) is 0 Å². The predicted octanol–water partition coefficient (Wildman–Crippen LogP) is 3.17. The molecular formula is C19H20N2O2. The van der Waals surface area contributed by atoms with Gasteiger partial charge < -0.3 is 15.4 Å². The van der Waals surface area contributed by atoms with Crippen LogP contribution in [0.15, 0.2) is 54.7 Å². The van der Waals surface area contributed by atoms with Crippen LogP contribution in [0, 0.1) is 0 Å². The van der Waals surface area contributed by atoms with Gasteiger partial charge in [-0.05, 0) is 36.1 Å². The number of aromatic amines is 1. The van der Waals surface area contributed by atoms with Gasteiger partial charge in [0.2, 0.25) is 5.91 Å². The van der Waals surface area contributed by atoms with Crippen LogP contribution >= 0.6 is 0 Å². The number of fused-ring (bicyclic) bond motifs is 1. The van der Waals surface area contributed by atoms with Gasteiger partial charge in [0.05, 0.1) is 0 Å². The molecule has 0 unspecified atom stereocenters. The SMILES string of the molecule is O=C(CCc1ccccc1)NCCc1c[nH]c2cccc(O)c12. The number of phenols is 1. The van der Waals surface area contributed by atoms with E-state index in [-0.39, 0.29) is 11.7 Å². The van der Waals surface area contributed by atoms with Crippen LogP contribution in [0.25, 0.3) is 10.9 Å². The highest BCUT2D eigenvalue weighted by atomic mass is 16.3. The molecule has 0 bridgehead atoms.